The summed E-state index contributed by atoms with van der Waals surface area (Å²) in [6.45, 7) is 3.07. The zero-order valence-electron chi connectivity index (χ0n) is 14.7. The third kappa shape index (κ3) is 6.61. The molecule has 0 saturated heterocycles. The highest BCUT2D eigenvalue weighted by molar-refractivity contribution is 9.10. The van der Waals surface area contributed by atoms with E-state index in [0.29, 0.717) is 18.7 Å². The summed E-state index contributed by atoms with van der Waals surface area (Å²) >= 11 is 3.40. The topological polar surface area (TPSA) is 58.4 Å². The van der Waals surface area contributed by atoms with Crippen molar-refractivity contribution in [2.24, 2.45) is 5.73 Å². The maximum absolute atomic E-state index is 12.1. The van der Waals surface area contributed by atoms with Crippen LogP contribution in [0.2, 0.25) is 0 Å². The molecule has 0 bridgehead atoms. The smallest absolute Gasteiger partial charge is 0.252 e. The Morgan fingerprint density at radius 1 is 1.08 bits per heavy atom. The van der Waals surface area contributed by atoms with Gasteiger partial charge in [-0.05, 0) is 65.6 Å². The Morgan fingerprint density at radius 3 is 2.44 bits per heavy atom. The third-order valence-corrected chi connectivity index (χ3v) is 4.85. The summed E-state index contributed by atoms with van der Waals surface area (Å²) in [6.07, 6.45) is 2.15. The SMILES string of the molecule is CN(CCCc1ccc(CN)cc1)CCNC(=O)c1ccccc1Br. The lowest BCUT2D eigenvalue weighted by molar-refractivity contribution is 0.0949. The first-order chi connectivity index (χ1) is 12.1. The standard InChI is InChI=1S/C20H26BrN3O/c1-24(13-4-5-16-8-10-17(15-22)11-9-16)14-12-23-20(25)18-6-2-3-7-19(18)21/h2-3,6-11H,4-5,12-15,22H2,1H3,(H,23,25). The Labute approximate surface area is 158 Å². The van der Waals surface area contributed by atoms with Crippen molar-refractivity contribution in [3.8, 4) is 0 Å². The summed E-state index contributed by atoms with van der Waals surface area (Å²) in [5.74, 6) is -0.0409. The molecule has 0 aromatic heterocycles. The van der Waals surface area contributed by atoms with Gasteiger partial charge in [0, 0.05) is 24.1 Å². The fourth-order valence-corrected chi connectivity index (χ4v) is 3.07. The molecule has 0 aliphatic heterocycles. The van der Waals surface area contributed by atoms with Crippen molar-refractivity contribution < 1.29 is 4.79 Å². The molecule has 2 rings (SSSR count). The minimum atomic E-state index is -0.0409. The predicted molar refractivity (Wildman–Crippen MR) is 107 cm³/mol. The highest BCUT2D eigenvalue weighted by atomic mass is 79.9. The van der Waals surface area contributed by atoms with Crippen LogP contribution in [0.25, 0.3) is 0 Å². The number of carbonyl (C=O) groups excluding carboxylic acids is 1. The summed E-state index contributed by atoms with van der Waals surface area (Å²) in [7, 11) is 2.09. The molecule has 3 N–H and O–H groups in total. The van der Waals surface area contributed by atoms with Crippen molar-refractivity contribution in [1.82, 2.24) is 10.2 Å². The van der Waals surface area contributed by atoms with Gasteiger partial charge in [-0.15, -0.1) is 0 Å². The molecule has 5 heteroatoms. The van der Waals surface area contributed by atoms with Crippen molar-refractivity contribution in [3.63, 3.8) is 0 Å². The van der Waals surface area contributed by atoms with Crippen LogP contribution in [0.15, 0.2) is 53.0 Å². The van der Waals surface area contributed by atoms with Crippen LogP contribution >= 0.6 is 15.9 Å². The summed E-state index contributed by atoms with van der Waals surface area (Å²) in [6, 6.07) is 16.0. The first-order valence-corrected chi connectivity index (χ1v) is 9.38. The van der Waals surface area contributed by atoms with E-state index < -0.39 is 0 Å². The van der Waals surface area contributed by atoms with E-state index in [9.17, 15) is 4.79 Å². The van der Waals surface area contributed by atoms with Gasteiger partial charge in [0.05, 0.1) is 5.56 Å². The summed E-state index contributed by atoms with van der Waals surface area (Å²) < 4.78 is 0.821. The maximum atomic E-state index is 12.1. The number of hydrogen-bond acceptors (Lipinski definition) is 3. The van der Waals surface area contributed by atoms with Crippen LogP contribution in [0.3, 0.4) is 0 Å². The van der Waals surface area contributed by atoms with Crippen LogP contribution in [0.4, 0.5) is 0 Å². The quantitative estimate of drug-likeness (QED) is 0.675. The molecule has 0 fully saturated rings. The molecule has 134 valence electrons. The lowest BCUT2D eigenvalue weighted by atomic mass is 10.1. The van der Waals surface area contributed by atoms with Crippen LogP contribution in [-0.2, 0) is 13.0 Å². The number of halogens is 1. The number of nitrogens with one attached hydrogen (secondary N) is 1. The highest BCUT2D eigenvalue weighted by Gasteiger charge is 2.08. The second-order valence-corrected chi connectivity index (χ2v) is 7.02. The first-order valence-electron chi connectivity index (χ1n) is 8.59. The number of hydrogen-bond donors (Lipinski definition) is 2. The molecule has 0 atom stereocenters. The van der Waals surface area contributed by atoms with Gasteiger partial charge in [-0.2, -0.15) is 0 Å². The van der Waals surface area contributed by atoms with E-state index in [-0.39, 0.29) is 5.91 Å². The molecule has 0 spiro atoms. The van der Waals surface area contributed by atoms with Gasteiger partial charge in [0.2, 0.25) is 0 Å². The molecule has 2 aromatic carbocycles. The number of aryl methyl sites for hydroxylation is 1. The average Bonchev–Trinajstić information content (AvgIpc) is 2.62. The van der Waals surface area contributed by atoms with Gasteiger partial charge in [-0.25, -0.2) is 0 Å². The molecule has 4 nitrogen and oxygen atoms in total. The molecule has 0 unspecified atom stereocenters. The molecular formula is C20H26BrN3O. The highest BCUT2D eigenvalue weighted by Crippen LogP contribution is 2.15. The molecular weight excluding hydrogens is 378 g/mol. The molecule has 0 heterocycles. The van der Waals surface area contributed by atoms with Gasteiger partial charge in [0.1, 0.15) is 0 Å². The van der Waals surface area contributed by atoms with Crippen molar-refractivity contribution in [3.05, 3.63) is 69.7 Å². The second-order valence-electron chi connectivity index (χ2n) is 6.16. The van der Waals surface area contributed by atoms with E-state index in [0.717, 1.165) is 30.4 Å². The van der Waals surface area contributed by atoms with Crippen molar-refractivity contribution in [1.29, 1.82) is 0 Å². The van der Waals surface area contributed by atoms with Crippen molar-refractivity contribution >= 4 is 21.8 Å². The zero-order valence-corrected chi connectivity index (χ0v) is 16.3. The normalized spacial score (nSPS) is 10.9. The molecule has 2 aromatic rings. The summed E-state index contributed by atoms with van der Waals surface area (Å²) in [5, 5.41) is 2.97. The van der Waals surface area contributed by atoms with Crippen LogP contribution in [0.5, 0.6) is 0 Å². The zero-order chi connectivity index (χ0) is 18.1. The van der Waals surface area contributed by atoms with E-state index in [4.69, 9.17) is 5.73 Å². The van der Waals surface area contributed by atoms with E-state index in [2.05, 4.69) is 57.5 Å². The van der Waals surface area contributed by atoms with Gasteiger partial charge < -0.3 is 16.0 Å². The average molecular weight is 404 g/mol. The lowest BCUT2D eigenvalue weighted by Crippen LogP contribution is -2.33. The molecule has 1 amide bonds. The molecule has 25 heavy (non-hydrogen) atoms. The van der Waals surface area contributed by atoms with E-state index >= 15 is 0 Å². The fourth-order valence-electron chi connectivity index (χ4n) is 2.61. The van der Waals surface area contributed by atoms with Crippen LogP contribution < -0.4 is 11.1 Å². The van der Waals surface area contributed by atoms with Crippen molar-refractivity contribution in [2.75, 3.05) is 26.7 Å². The van der Waals surface area contributed by atoms with Gasteiger partial charge in [-0.3, -0.25) is 4.79 Å². The predicted octanol–water partition coefficient (Wildman–Crippen LogP) is 3.20. The van der Waals surface area contributed by atoms with Gasteiger partial charge in [0.15, 0.2) is 0 Å². The number of benzene rings is 2. The minimum Gasteiger partial charge on any atom is -0.351 e. The fraction of sp³-hybridized carbons (Fsp3) is 0.350. The van der Waals surface area contributed by atoms with E-state index in [1.54, 1.807) is 0 Å². The Morgan fingerprint density at radius 2 is 1.76 bits per heavy atom. The van der Waals surface area contributed by atoms with Crippen LogP contribution in [-0.4, -0.2) is 37.5 Å². The molecule has 0 aliphatic rings. The van der Waals surface area contributed by atoms with E-state index in [1.807, 2.05) is 24.3 Å². The Bertz CT molecular complexity index is 673. The van der Waals surface area contributed by atoms with E-state index in [1.165, 1.54) is 11.1 Å². The van der Waals surface area contributed by atoms with Gasteiger partial charge >= 0.3 is 0 Å². The first kappa shape index (κ1) is 19.6. The van der Waals surface area contributed by atoms with Crippen LogP contribution in [0.1, 0.15) is 27.9 Å². The number of likely N-dealkylation sites (N-methyl/N-ethyl adjacent to an activating group) is 1. The summed E-state index contributed by atoms with van der Waals surface area (Å²) in [4.78, 5) is 14.4. The third-order valence-electron chi connectivity index (χ3n) is 4.16. The van der Waals surface area contributed by atoms with Crippen molar-refractivity contribution in [2.45, 2.75) is 19.4 Å². The number of rotatable bonds is 9. The van der Waals surface area contributed by atoms with Gasteiger partial charge in [-0.1, -0.05) is 36.4 Å². The monoisotopic (exact) mass is 403 g/mol. The summed E-state index contributed by atoms with van der Waals surface area (Å²) in [5.41, 5.74) is 8.79. The number of amides is 1. The lowest BCUT2D eigenvalue weighted by Gasteiger charge is -2.17. The molecule has 0 aliphatic carbocycles. The van der Waals surface area contributed by atoms with Gasteiger partial charge in [0.25, 0.3) is 5.91 Å². The molecule has 0 radical (unpaired) electrons. The second kappa shape index (κ2) is 10.3. The van der Waals surface area contributed by atoms with Crippen LogP contribution in [0, 0.1) is 0 Å². The number of carbonyl (C=O) groups is 1. The Hall–Kier alpha value is -1.69. The molecule has 0 saturated carbocycles. The Balaban J connectivity index is 1.64. The Kier molecular flexibility index (Phi) is 8.12. The largest absolute Gasteiger partial charge is 0.351 e. The number of nitrogens with zero attached hydrogens (tertiary/aromatic N) is 1. The minimum absolute atomic E-state index is 0.0409. The number of nitrogens with two attached hydrogens (primary N) is 1. The maximum Gasteiger partial charge on any atom is 0.252 e.